The summed E-state index contributed by atoms with van der Waals surface area (Å²) >= 11 is 0. The molecule has 2 aromatic rings. The monoisotopic (exact) mass is 390 g/mol. The minimum atomic E-state index is -3.84. The summed E-state index contributed by atoms with van der Waals surface area (Å²) in [6, 6.07) is 7.45. The second kappa shape index (κ2) is 7.63. The molecule has 1 aliphatic heterocycles. The first-order valence-electron chi connectivity index (χ1n) is 8.51. The predicted octanol–water partition coefficient (Wildman–Crippen LogP) is 0.513. The average molecular weight is 390 g/mol. The van der Waals surface area contributed by atoms with Crippen LogP contribution in [0.25, 0.3) is 11.3 Å². The van der Waals surface area contributed by atoms with Crippen molar-refractivity contribution in [2.24, 2.45) is 7.05 Å². The number of carbonyl (C=O) groups excluding carboxylic acids is 1. The maximum absolute atomic E-state index is 13.2. The molecular formula is C18H22N4O4S. The summed E-state index contributed by atoms with van der Waals surface area (Å²) < 4.78 is 29.3. The minimum Gasteiger partial charge on any atom is -0.395 e. The van der Waals surface area contributed by atoms with E-state index in [0.29, 0.717) is 6.42 Å². The smallest absolute Gasteiger partial charge is 0.243 e. The van der Waals surface area contributed by atoms with Crippen molar-refractivity contribution in [2.75, 3.05) is 13.2 Å². The molecular weight excluding hydrogens is 368 g/mol. The second-order valence-electron chi connectivity index (χ2n) is 6.42. The maximum atomic E-state index is 13.2. The molecule has 2 atom stereocenters. The Morgan fingerprint density at radius 1 is 1.44 bits per heavy atom. The molecule has 144 valence electrons. The van der Waals surface area contributed by atoms with Crippen molar-refractivity contribution in [3.8, 4) is 11.3 Å². The third-order valence-electron chi connectivity index (χ3n) is 4.66. The Balaban J connectivity index is 1.90. The van der Waals surface area contributed by atoms with Gasteiger partial charge in [-0.2, -0.15) is 9.40 Å². The highest BCUT2D eigenvalue weighted by Crippen LogP contribution is 2.29. The van der Waals surface area contributed by atoms with E-state index in [2.05, 4.69) is 17.0 Å². The van der Waals surface area contributed by atoms with Crippen molar-refractivity contribution < 1.29 is 18.3 Å². The van der Waals surface area contributed by atoms with Crippen LogP contribution in [0.4, 0.5) is 0 Å². The third-order valence-corrected chi connectivity index (χ3v) is 6.58. The van der Waals surface area contributed by atoms with E-state index in [1.54, 1.807) is 36.1 Å². The first-order valence-corrected chi connectivity index (χ1v) is 9.95. The van der Waals surface area contributed by atoms with Gasteiger partial charge in [-0.1, -0.05) is 18.7 Å². The number of rotatable bonds is 6. The zero-order valence-corrected chi connectivity index (χ0v) is 15.8. The van der Waals surface area contributed by atoms with Gasteiger partial charge in [-0.15, -0.1) is 0 Å². The van der Waals surface area contributed by atoms with Gasteiger partial charge in [0.25, 0.3) is 0 Å². The molecule has 1 aliphatic rings. The summed E-state index contributed by atoms with van der Waals surface area (Å²) in [6.45, 7) is 3.18. The number of aliphatic hydroxyl groups excluding tert-OH is 1. The van der Waals surface area contributed by atoms with Gasteiger partial charge in [0, 0.05) is 31.4 Å². The predicted molar refractivity (Wildman–Crippen MR) is 100 cm³/mol. The van der Waals surface area contributed by atoms with Gasteiger partial charge in [0.05, 0.1) is 23.2 Å². The zero-order valence-electron chi connectivity index (χ0n) is 14.9. The second-order valence-corrected chi connectivity index (χ2v) is 8.31. The van der Waals surface area contributed by atoms with Crippen LogP contribution in [0.15, 0.2) is 54.1 Å². The quantitative estimate of drug-likeness (QED) is 0.700. The normalized spacial score (nSPS) is 20.5. The van der Waals surface area contributed by atoms with Gasteiger partial charge in [-0.3, -0.25) is 9.48 Å². The molecule has 1 saturated heterocycles. The molecule has 9 heteroatoms. The first kappa shape index (κ1) is 19.3. The lowest BCUT2D eigenvalue weighted by molar-refractivity contribution is -0.117. The topological polar surface area (TPSA) is 105 Å². The van der Waals surface area contributed by atoms with Gasteiger partial charge in [0.15, 0.2) is 0 Å². The summed E-state index contributed by atoms with van der Waals surface area (Å²) in [7, 11) is -2.05. The number of aliphatic hydroxyl groups is 1. The highest BCUT2D eigenvalue weighted by molar-refractivity contribution is 7.89. The van der Waals surface area contributed by atoms with Crippen molar-refractivity contribution in [1.29, 1.82) is 0 Å². The van der Waals surface area contributed by atoms with Crippen molar-refractivity contribution in [3.63, 3.8) is 0 Å². The minimum absolute atomic E-state index is 0.100. The largest absolute Gasteiger partial charge is 0.395 e. The van der Waals surface area contributed by atoms with Crippen LogP contribution >= 0.6 is 0 Å². The van der Waals surface area contributed by atoms with Gasteiger partial charge >= 0.3 is 0 Å². The third kappa shape index (κ3) is 3.80. The molecule has 1 aromatic carbocycles. The van der Waals surface area contributed by atoms with Gasteiger partial charge in [0.1, 0.15) is 0 Å². The SMILES string of the molecule is C=CC(=O)NC1CC(CO)N(S(=O)(=O)c2cccc(-c3ccnn3C)c2)C1. The molecule has 2 heterocycles. The molecule has 3 rings (SSSR count). The van der Waals surface area contributed by atoms with Crippen molar-refractivity contribution in [1.82, 2.24) is 19.4 Å². The van der Waals surface area contributed by atoms with E-state index in [4.69, 9.17) is 0 Å². The molecule has 2 N–H and O–H groups in total. The number of nitrogens with zero attached hydrogens (tertiary/aromatic N) is 3. The fraction of sp³-hybridized carbons (Fsp3) is 0.333. The zero-order chi connectivity index (χ0) is 19.6. The van der Waals surface area contributed by atoms with Crippen molar-refractivity contribution >= 4 is 15.9 Å². The Labute approximate surface area is 158 Å². The molecule has 0 aliphatic carbocycles. The Bertz CT molecular complexity index is 954. The maximum Gasteiger partial charge on any atom is 0.243 e. The van der Waals surface area contributed by atoms with Gasteiger partial charge in [-0.25, -0.2) is 8.42 Å². The van der Waals surface area contributed by atoms with Crippen LogP contribution in [-0.4, -0.2) is 58.8 Å². The van der Waals surface area contributed by atoms with Crippen molar-refractivity contribution in [2.45, 2.75) is 23.4 Å². The number of aromatic nitrogens is 2. The van der Waals surface area contributed by atoms with Crippen LogP contribution in [0.5, 0.6) is 0 Å². The number of hydrogen-bond donors (Lipinski definition) is 2. The molecule has 0 spiro atoms. The highest BCUT2D eigenvalue weighted by Gasteiger charge is 2.40. The van der Waals surface area contributed by atoms with Gasteiger partial charge in [-0.05, 0) is 30.7 Å². The molecule has 8 nitrogen and oxygen atoms in total. The number of sulfonamides is 1. The van der Waals surface area contributed by atoms with E-state index in [-0.39, 0.29) is 30.0 Å². The van der Waals surface area contributed by atoms with Crippen LogP contribution in [0, 0.1) is 0 Å². The van der Waals surface area contributed by atoms with E-state index in [0.717, 1.165) is 17.3 Å². The Morgan fingerprint density at radius 2 is 2.22 bits per heavy atom. The van der Waals surface area contributed by atoms with Gasteiger partial charge in [0.2, 0.25) is 15.9 Å². The lowest BCUT2D eigenvalue weighted by Crippen LogP contribution is -2.39. The lowest BCUT2D eigenvalue weighted by atomic mass is 10.1. The fourth-order valence-corrected chi connectivity index (χ4v) is 5.04. The summed E-state index contributed by atoms with van der Waals surface area (Å²) in [5.41, 5.74) is 1.52. The van der Waals surface area contributed by atoms with Crippen molar-refractivity contribution in [3.05, 3.63) is 49.2 Å². The molecule has 27 heavy (non-hydrogen) atoms. The van der Waals surface area contributed by atoms with E-state index < -0.39 is 16.1 Å². The number of nitrogens with one attached hydrogen (secondary N) is 1. The summed E-state index contributed by atoms with van der Waals surface area (Å²) in [4.78, 5) is 11.7. The molecule has 0 bridgehead atoms. The fourth-order valence-electron chi connectivity index (χ4n) is 3.32. The highest BCUT2D eigenvalue weighted by atomic mass is 32.2. The number of aryl methyl sites for hydroxylation is 1. The molecule has 1 amide bonds. The van der Waals surface area contributed by atoms with E-state index in [9.17, 15) is 18.3 Å². The Hall–Kier alpha value is -2.49. The van der Waals surface area contributed by atoms with E-state index in [1.807, 2.05) is 6.07 Å². The van der Waals surface area contributed by atoms with Gasteiger partial charge < -0.3 is 10.4 Å². The number of carbonyl (C=O) groups is 1. The molecule has 2 unspecified atom stereocenters. The van der Waals surface area contributed by atoms with E-state index in [1.165, 1.54) is 10.4 Å². The molecule has 0 radical (unpaired) electrons. The average Bonchev–Trinajstić information content (AvgIpc) is 3.28. The first-order chi connectivity index (χ1) is 12.9. The van der Waals surface area contributed by atoms with E-state index >= 15 is 0 Å². The summed E-state index contributed by atoms with van der Waals surface area (Å²) in [5, 5.41) is 16.5. The Morgan fingerprint density at radius 3 is 2.85 bits per heavy atom. The van der Waals surface area contributed by atoms with Crippen LogP contribution < -0.4 is 5.32 Å². The molecule has 1 fully saturated rings. The van der Waals surface area contributed by atoms with Crippen LogP contribution in [0.3, 0.4) is 0 Å². The standard InChI is InChI=1S/C18H22N4O4S/c1-3-18(24)20-14-10-15(12-23)22(11-14)27(25,26)16-6-4-5-13(9-16)17-7-8-19-21(17)2/h3-9,14-15,23H,1,10-12H2,2H3,(H,20,24). The summed E-state index contributed by atoms with van der Waals surface area (Å²) in [6.07, 6.45) is 3.13. The van der Waals surface area contributed by atoms with Crippen LogP contribution in [0.1, 0.15) is 6.42 Å². The molecule has 0 saturated carbocycles. The number of hydrogen-bond acceptors (Lipinski definition) is 5. The lowest BCUT2D eigenvalue weighted by Gasteiger charge is -2.22. The van der Waals surface area contributed by atoms with Crippen LogP contribution in [0.2, 0.25) is 0 Å². The molecule has 1 aromatic heterocycles. The summed E-state index contributed by atoms with van der Waals surface area (Å²) in [5.74, 6) is -0.367. The number of benzene rings is 1. The van der Waals surface area contributed by atoms with Crippen LogP contribution in [-0.2, 0) is 21.9 Å². The number of amides is 1. The Kier molecular flexibility index (Phi) is 5.45.